The maximum Gasteiger partial charge on any atom is 0.277 e. The van der Waals surface area contributed by atoms with Crippen LogP contribution in [0, 0.1) is 0 Å². The number of nitrogens with zero attached hydrogens (tertiary/aromatic N) is 2. The lowest BCUT2D eigenvalue weighted by Gasteiger charge is -2.16. The third-order valence-corrected chi connectivity index (χ3v) is 2.59. The predicted octanol–water partition coefficient (Wildman–Crippen LogP) is 1.53. The van der Waals surface area contributed by atoms with Crippen LogP contribution in [0.1, 0.15) is 16.8 Å². The van der Waals surface area contributed by atoms with Crippen molar-refractivity contribution in [1.29, 1.82) is 0 Å². The zero-order valence-electron chi connectivity index (χ0n) is 9.64. The monoisotopic (exact) mass is 220 g/mol. The SMILES string of the molecule is CN(C)c1cccc(C(=O)N2CCCO2)c1. The van der Waals surface area contributed by atoms with Gasteiger partial charge in [-0.2, -0.15) is 0 Å². The number of hydroxylamine groups is 2. The third-order valence-electron chi connectivity index (χ3n) is 2.59. The van der Waals surface area contributed by atoms with Gasteiger partial charge in [0.05, 0.1) is 13.2 Å². The van der Waals surface area contributed by atoms with Gasteiger partial charge in [0.25, 0.3) is 5.91 Å². The van der Waals surface area contributed by atoms with Gasteiger partial charge in [0.1, 0.15) is 0 Å². The quantitative estimate of drug-likeness (QED) is 0.757. The number of carbonyl (C=O) groups excluding carboxylic acids is 1. The maximum atomic E-state index is 12.0. The first-order valence-electron chi connectivity index (χ1n) is 5.40. The zero-order valence-corrected chi connectivity index (χ0v) is 9.64. The average Bonchev–Trinajstić information content (AvgIpc) is 2.81. The van der Waals surface area contributed by atoms with E-state index in [0.717, 1.165) is 12.1 Å². The predicted molar refractivity (Wildman–Crippen MR) is 62.4 cm³/mol. The first-order valence-corrected chi connectivity index (χ1v) is 5.40. The van der Waals surface area contributed by atoms with Crippen LogP contribution in [0.4, 0.5) is 5.69 Å². The van der Waals surface area contributed by atoms with E-state index in [1.54, 1.807) is 0 Å². The van der Waals surface area contributed by atoms with Gasteiger partial charge in [-0.05, 0) is 24.6 Å². The van der Waals surface area contributed by atoms with E-state index < -0.39 is 0 Å². The lowest BCUT2D eigenvalue weighted by molar-refractivity contribution is -0.0768. The summed E-state index contributed by atoms with van der Waals surface area (Å²) in [6.07, 6.45) is 0.916. The summed E-state index contributed by atoms with van der Waals surface area (Å²) in [5, 5.41) is 1.44. The van der Waals surface area contributed by atoms with Crippen LogP contribution in [0.15, 0.2) is 24.3 Å². The summed E-state index contributed by atoms with van der Waals surface area (Å²) in [5.41, 5.74) is 1.69. The molecule has 1 fully saturated rings. The second kappa shape index (κ2) is 4.53. The fourth-order valence-electron chi connectivity index (χ4n) is 1.67. The van der Waals surface area contributed by atoms with Crippen LogP contribution in [-0.4, -0.2) is 38.2 Å². The molecule has 0 atom stereocenters. The number of benzene rings is 1. The second-order valence-electron chi connectivity index (χ2n) is 4.04. The molecule has 1 heterocycles. The molecule has 1 aliphatic heterocycles. The molecule has 0 spiro atoms. The first-order chi connectivity index (χ1) is 7.68. The van der Waals surface area contributed by atoms with Crippen molar-refractivity contribution in [3.8, 4) is 0 Å². The third kappa shape index (κ3) is 2.17. The first kappa shape index (κ1) is 11.0. The normalized spacial score (nSPS) is 15.2. The highest BCUT2D eigenvalue weighted by Gasteiger charge is 2.20. The minimum Gasteiger partial charge on any atom is -0.378 e. The van der Waals surface area contributed by atoms with E-state index in [-0.39, 0.29) is 5.91 Å². The molecule has 0 saturated carbocycles. The highest BCUT2D eigenvalue weighted by molar-refractivity contribution is 5.94. The molecule has 2 rings (SSSR count). The molecule has 1 saturated heterocycles. The molecule has 4 heteroatoms. The fraction of sp³-hybridized carbons (Fsp3) is 0.417. The molecule has 0 aromatic heterocycles. The van der Waals surface area contributed by atoms with Gasteiger partial charge in [0.2, 0.25) is 0 Å². The van der Waals surface area contributed by atoms with Crippen molar-refractivity contribution in [2.75, 3.05) is 32.1 Å². The molecule has 1 aromatic carbocycles. The number of carbonyl (C=O) groups is 1. The van der Waals surface area contributed by atoms with E-state index in [9.17, 15) is 4.79 Å². The average molecular weight is 220 g/mol. The summed E-state index contributed by atoms with van der Waals surface area (Å²) in [6.45, 7) is 1.32. The summed E-state index contributed by atoms with van der Waals surface area (Å²) in [5.74, 6) is -0.0544. The Morgan fingerprint density at radius 1 is 1.44 bits per heavy atom. The molecule has 0 unspecified atom stereocenters. The highest BCUT2D eigenvalue weighted by atomic mass is 16.7. The smallest absolute Gasteiger partial charge is 0.277 e. The number of amides is 1. The van der Waals surface area contributed by atoms with Crippen molar-refractivity contribution in [2.24, 2.45) is 0 Å². The number of hydrogen-bond acceptors (Lipinski definition) is 3. The molecule has 4 nitrogen and oxygen atoms in total. The Hall–Kier alpha value is -1.55. The van der Waals surface area contributed by atoms with Gasteiger partial charge in [-0.25, -0.2) is 5.06 Å². The number of anilines is 1. The van der Waals surface area contributed by atoms with E-state index in [0.29, 0.717) is 18.7 Å². The summed E-state index contributed by atoms with van der Waals surface area (Å²) in [7, 11) is 3.91. The van der Waals surface area contributed by atoms with Crippen molar-refractivity contribution in [1.82, 2.24) is 5.06 Å². The topological polar surface area (TPSA) is 32.8 Å². The Bertz CT molecular complexity index is 384. The van der Waals surface area contributed by atoms with Crippen LogP contribution in [0.5, 0.6) is 0 Å². The molecule has 16 heavy (non-hydrogen) atoms. The van der Waals surface area contributed by atoms with Crippen LogP contribution in [0.25, 0.3) is 0 Å². The Kier molecular flexibility index (Phi) is 3.10. The standard InChI is InChI=1S/C12H16N2O2/c1-13(2)11-6-3-5-10(9-11)12(15)14-7-4-8-16-14/h3,5-6,9H,4,7-8H2,1-2H3. The molecule has 1 aliphatic rings. The van der Waals surface area contributed by atoms with Gasteiger partial charge in [-0.15, -0.1) is 0 Å². The summed E-state index contributed by atoms with van der Waals surface area (Å²) in [4.78, 5) is 19.2. The molecule has 86 valence electrons. The van der Waals surface area contributed by atoms with Gasteiger partial charge < -0.3 is 4.90 Å². The summed E-state index contributed by atoms with van der Waals surface area (Å²) >= 11 is 0. The summed E-state index contributed by atoms with van der Waals surface area (Å²) < 4.78 is 0. The largest absolute Gasteiger partial charge is 0.378 e. The van der Waals surface area contributed by atoms with Crippen molar-refractivity contribution >= 4 is 11.6 Å². The van der Waals surface area contributed by atoms with Gasteiger partial charge >= 0.3 is 0 Å². The van der Waals surface area contributed by atoms with Crippen molar-refractivity contribution in [3.05, 3.63) is 29.8 Å². The Morgan fingerprint density at radius 3 is 2.88 bits per heavy atom. The van der Waals surface area contributed by atoms with E-state index >= 15 is 0 Å². The molecule has 0 bridgehead atoms. The van der Waals surface area contributed by atoms with Gasteiger partial charge in [-0.1, -0.05) is 6.07 Å². The Balaban J connectivity index is 2.19. The zero-order chi connectivity index (χ0) is 11.5. The number of rotatable bonds is 2. The molecule has 1 amide bonds. The fourth-order valence-corrected chi connectivity index (χ4v) is 1.67. The molecule has 1 aromatic rings. The van der Waals surface area contributed by atoms with E-state index in [1.807, 2.05) is 43.3 Å². The van der Waals surface area contributed by atoms with Crippen molar-refractivity contribution in [2.45, 2.75) is 6.42 Å². The van der Waals surface area contributed by atoms with Crippen LogP contribution < -0.4 is 4.90 Å². The molecule has 0 radical (unpaired) electrons. The Labute approximate surface area is 95.4 Å². The van der Waals surface area contributed by atoms with Crippen LogP contribution in [0.3, 0.4) is 0 Å². The molecular formula is C12H16N2O2. The lowest BCUT2D eigenvalue weighted by atomic mass is 10.2. The Morgan fingerprint density at radius 2 is 2.25 bits per heavy atom. The molecular weight excluding hydrogens is 204 g/mol. The molecule has 0 N–H and O–H groups in total. The molecule has 0 aliphatic carbocycles. The van der Waals surface area contributed by atoms with Crippen molar-refractivity contribution < 1.29 is 9.63 Å². The van der Waals surface area contributed by atoms with Crippen LogP contribution in [0.2, 0.25) is 0 Å². The van der Waals surface area contributed by atoms with Gasteiger partial charge in [0.15, 0.2) is 0 Å². The van der Waals surface area contributed by atoms with Crippen LogP contribution in [-0.2, 0) is 4.84 Å². The highest BCUT2D eigenvalue weighted by Crippen LogP contribution is 2.16. The maximum absolute atomic E-state index is 12.0. The lowest BCUT2D eigenvalue weighted by Crippen LogP contribution is -2.26. The van der Waals surface area contributed by atoms with Crippen molar-refractivity contribution in [3.63, 3.8) is 0 Å². The van der Waals surface area contributed by atoms with Gasteiger partial charge in [0, 0.05) is 25.3 Å². The number of hydrogen-bond donors (Lipinski definition) is 0. The van der Waals surface area contributed by atoms with E-state index in [4.69, 9.17) is 4.84 Å². The van der Waals surface area contributed by atoms with Crippen LogP contribution >= 0.6 is 0 Å². The van der Waals surface area contributed by atoms with Gasteiger partial charge in [-0.3, -0.25) is 9.63 Å². The minimum absolute atomic E-state index is 0.0544. The minimum atomic E-state index is -0.0544. The summed E-state index contributed by atoms with van der Waals surface area (Å²) in [6, 6.07) is 7.56. The second-order valence-corrected chi connectivity index (χ2v) is 4.04. The van der Waals surface area contributed by atoms with E-state index in [2.05, 4.69) is 0 Å². The van der Waals surface area contributed by atoms with E-state index in [1.165, 1.54) is 5.06 Å².